The zero-order valence-corrected chi connectivity index (χ0v) is 10.9. The Kier molecular flexibility index (Phi) is 3.89. The highest BCUT2D eigenvalue weighted by molar-refractivity contribution is 6.30. The monoisotopic (exact) mass is 257 g/mol. The average Bonchev–Trinajstić information content (AvgIpc) is 2.78. The summed E-state index contributed by atoms with van der Waals surface area (Å²) >= 11 is 5.88. The van der Waals surface area contributed by atoms with E-state index in [4.69, 9.17) is 16.3 Å². The van der Waals surface area contributed by atoms with Crippen molar-refractivity contribution in [2.45, 2.75) is 32.2 Å². The van der Waals surface area contributed by atoms with E-state index >= 15 is 0 Å². The molecule has 1 aliphatic rings. The first-order valence-corrected chi connectivity index (χ1v) is 6.26. The Balaban J connectivity index is 2.35. The minimum Gasteiger partial charge on any atom is -0.496 e. The van der Waals surface area contributed by atoms with Crippen LogP contribution in [0.3, 0.4) is 0 Å². The SMILES string of the molecule is COc1c(C)cc(Cl)c(F)c1CC1CCCN1. The first kappa shape index (κ1) is 12.7. The summed E-state index contributed by atoms with van der Waals surface area (Å²) in [5.74, 6) is 0.281. The highest BCUT2D eigenvalue weighted by atomic mass is 35.5. The number of ether oxygens (including phenoxy) is 1. The van der Waals surface area contributed by atoms with Gasteiger partial charge in [0.05, 0.1) is 12.1 Å². The van der Waals surface area contributed by atoms with Gasteiger partial charge < -0.3 is 10.1 Å². The van der Waals surface area contributed by atoms with Crippen molar-refractivity contribution in [3.05, 3.63) is 28.0 Å². The fraction of sp³-hybridized carbons (Fsp3) is 0.538. The fourth-order valence-corrected chi connectivity index (χ4v) is 2.72. The van der Waals surface area contributed by atoms with Gasteiger partial charge in [0, 0.05) is 11.6 Å². The second kappa shape index (κ2) is 5.23. The van der Waals surface area contributed by atoms with Crippen LogP contribution in [0.2, 0.25) is 5.02 Å². The van der Waals surface area contributed by atoms with Gasteiger partial charge in [-0.2, -0.15) is 0 Å². The number of rotatable bonds is 3. The van der Waals surface area contributed by atoms with Gasteiger partial charge in [-0.15, -0.1) is 0 Å². The van der Waals surface area contributed by atoms with Gasteiger partial charge in [-0.1, -0.05) is 11.6 Å². The normalized spacial score (nSPS) is 19.6. The number of benzene rings is 1. The van der Waals surface area contributed by atoms with E-state index < -0.39 is 0 Å². The van der Waals surface area contributed by atoms with Crippen LogP contribution in [-0.2, 0) is 6.42 Å². The van der Waals surface area contributed by atoms with Crippen LogP contribution >= 0.6 is 11.6 Å². The summed E-state index contributed by atoms with van der Waals surface area (Å²) in [6.45, 7) is 2.89. The van der Waals surface area contributed by atoms with Crippen molar-refractivity contribution >= 4 is 11.6 Å². The third-order valence-electron chi connectivity index (χ3n) is 3.27. The molecule has 0 radical (unpaired) electrons. The molecule has 17 heavy (non-hydrogen) atoms. The second-order valence-electron chi connectivity index (χ2n) is 4.50. The lowest BCUT2D eigenvalue weighted by Gasteiger charge is -2.17. The molecule has 4 heteroatoms. The Morgan fingerprint density at radius 2 is 2.35 bits per heavy atom. The molecule has 94 valence electrons. The molecule has 1 aromatic rings. The number of aryl methyl sites for hydroxylation is 1. The maximum Gasteiger partial charge on any atom is 0.148 e. The van der Waals surface area contributed by atoms with Gasteiger partial charge in [-0.25, -0.2) is 4.39 Å². The van der Waals surface area contributed by atoms with Crippen molar-refractivity contribution in [1.29, 1.82) is 0 Å². The van der Waals surface area contributed by atoms with E-state index in [9.17, 15) is 4.39 Å². The molecule has 2 nitrogen and oxygen atoms in total. The van der Waals surface area contributed by atoms with Crippen LogP contribution in [0.1, 0.15) is 24.0 Å². The molecule has 1 atom stereocenters. The molecule has 0 bridgehead atoms. The molecular formula is C13H17ClFNO. The molecule has 1 aliphatic heterocycles. The minimum atomic E-state index is -0.345. The Labute approximate surface area is 106 Å². The Morgan fingerprint density at radius 3 is 2.94 bits per heavy atom. The van der Waals surface area contributed by atoms with Gasteiger partial charge in [0.25, 0.3) is 0 Å². The first-order valence-electron chi connectivity index (χ1n) is 5.88. The Bertz CT molecular complexity index is 416. The van der Waals surface area contributed by atoms with Crippen LogP contribution < -0.4 is 10.1 Å². The Hall–Kier alpha value is -0.800. The number of nitrogens with one attached hydrogen (secondary N) is 1. The maximum atomic E-state index is 14.0. The molecule has 1 saturated heterocycles. The van der Waals surface area contributed by atoms with Crippen molar-refractivity contribution in [3.63, 3.8) is 0 Å². The van der Waals surface area contributed by atoms with E-state index in [2.05, 4.69) is 5.32 Å². The molecular weight excluding hydrogens is 241 g/mol. The van der Waals surface area contributed by atoms with E-state index in [1.165, 1.54) is 0 Å². The van der Waals surface area contributed by atoms with Crippen LogP contribution in [-0.4, -0.2) is 19.7 Å². The summed E-state index contributed by atoms with van der Waals surface area (Å²) in [6, 6.07) is 1.94. The summed E-state index contributed by atoms with van der Waals surface area (Å²) in [7, 11) is 1.57. The van der Waals surface area contributed by atoms with E-state index in [1.54, 1.807) is 13.2 Å². The summed E-state index contributed by atoms with van der Waals surface area (Å²) in [6.07, 6.45) is 2.86. The van der Waals surface area contributed by atoms with Gasteiger partial charge in [-0.3, -0.25) is 0 Å². The van der Waals surface area contributed by atoms with E-state index in [0.29, 0.717) is 23.8 Å². The smallest absolute Gasteiger partial charge is 0.148 e. The fourth-order valence-electron chi connectivity index (χ4n) is 2.44. The highest BCUT2D eigenvalue weighted by Gasteiger charge is 2.22. The van der Waals surface area contributed by atoms with E-state index in [-0.39, 0.29) is 10.8 Å². The molecule has 0 spiro atoms. The Morgan fingerprint density at radius 1 is 1.59 bits per heavy atom. The quantitative estimate of drug-likeness (QED) is 0.899. The van der Waals surface area contributed by atoms with Gasteiger partial charge in [-0.05, 0) is 44.4 Å². The van der Waals surface area contributed by atoms with Gasteiger partial charge in [0.15, 0.2) is 0 Å². The standard InChI is InChI=1S/C13H17ClFNO/c1-8-6-11(14)12(15)10(13(8)17-2)7-9-4-3-5-16-9/h6,9,16H,3-5,7H2,1-2H3. The largest absolute Gasteiger partial charge is 0.496 e. The van der Waals surface area contributed by atoms with Crippen molar-refractivity contribution in [3.8, 4) is 5.75 Å². The minimum absolute atomic E-state index is 0.177. The molecule has 1 aromatic carbocycles. The van der Waals surface area contributed by atoms with Crippen LogP contribution in [0, 0.1) is 12.7 Å². The second-order valence-corrected chi connectivity index (χ2v) is 4.91. The van der Waals surface area contributed by atoms with Gasteiger partial charge >= 0.3 is 0 Å². The molecule has 0 amide bonds. The van der Waals surface area contributed by atoms with Crippen LogP contribution in [0.15, 0.2) is 6.07 Å². The first-order chi connectivity index (χ1) is 8.13. The van der Waals surface area contributed by atoms with Crippen molar-refractivity contribution in [2.24, 2.45) is 0 Å². The molecule has 0 aromatic heterocycles. The van der Waals surface area contributed by atoms with Gasteiger partial charge in [0.1, 0.15) is 11.6 Å². The zero-order valence-electron chi connectivity index (χ0n) is 10.1. The maximum absolute atomic E-state index is 14.0. The molecule has 1 N–H and O–H groups in total. The van der Waals surface area contributed by atoms with Crippen molar-refractivity contribution < 1.29 is 9.13 Å². The summed E-state index contributed by atoms with van der Waals surface area (Å²) < 4.78 is 19.3. The molecule has 1 unspecified atom stereocenters. The predicted molar refractivity (Wildman–Crippen MR) is 67.4 cm³/mol. The van der Waals surface area contributed by atoms with Crippen LogP contribution in [0.25, 0.3) is 0 Å². The van der Waals surface area contributed by atoms with E-state index in [1.807, 2.05) is 6.92 Å². The molecule has 0 aliphatic carbocycles. The summed E-state index contributed by atoms with van der Waals surface area (Å²) in [4.78, 5) is 0. The summed E-state index contributed by atoms with van der Waals surface area (Å²) in [5.41, 5.74) is 1.48. The zero-order chi connectivity index (χ0) is 12.4. The lowest BCUT2D eigenvalue weighted by atomic mass is 10.0. The van der Waals surface area contributed by atoms with Gasteiger partial charge in [0.2, 0.25) is 0 Å². The van der Waals surface area contributed by atoms with E-state index in [0.717, 1.165) is 24.9 Å². The average molecular weight is 258 g/mol. The van der Waals surface area contributed by atoms with Crippen LogP contribution in [0.4, 0.5) is 4.39 Å². The van der Waals surface area contributed by atoms with Crippen LogP contribution in [0.5, 0.6) is 5.75 Å². The third kappa shape index (κ3) is 2.55. The number of hydrogen-bond acceptors (Lipinski definition) is 2. The number of halogens is 2. The topological polar surface area (TPSA) is 21.3 Å². The lowest BCUT2D eigenvalue weighted by Crippen LogP contribution is -2.24. The molecule has 1 fully saturated rings. The summed E-state index contributed by atoms with van der Waals surface area (Å²) in [5, 5.41) is 3.53. The molecule has 1 heterocycles. The molecule has 0 saturated carbocycles. The highest BCUT2D eigenvalue weighted by Crippen LogP contribution is 2.32. The number of methoxy groups -OCH3 is 1. The van der Waals surface area contributed by atoms with Crippen molar-refractivity contribution in [2.75, 3.05) is 13.7 Å². The number of hydrogen-bond donors (Lipinski definition) is 1. The molecule has 2 rings (SSSR count). The third-order valence-corrected chi connectivity index (χ3v) is 3.54. The van der Waals surface area contributed by atoms with Crippen molar-refractivity contribution in [1.82, 2.24) is 5.32 Å². The predicted octanol–water partition coefficient (Wildman–Crippen LogP) is 3.09. The lowest BCUT2D eigenvalue weighted by molar-refractivity contribution is 0.397.